The largest absolute Gasteiger partial charge is 0.374 e. The Hall–Kier alpha value is -0.120. The molecule has 0 radical (unpaired) electrons. The number of aliphatic hydroxyl groups is 1. The molecule has 1 heterocycles. The van der Waals surface area contributed by atoms with Crippen LogP contribution in [0.5, 0.6) is 0 Å². The summed E-state index contributed by atoms with van der Waals surface area (Å²) in [6.45, 7) is 1.58. The summed E-state index contributed by atoms with van der Waals surface area (Å²) in [4.78, 5) is 0. The van der Waals surface area contributed by atoms with Crippen molar-refractivity contribution in [3.05, 3.63) is 0 Å². The predicted octanol–water partition coefficient (Wildman–Crippen LogP) is -1.11. The molecule has 1 atom stereocenters. The van der Waals surface area contributed by atoms with Crippen LogP contribution in [0, 0.1) is 0 Å². The standard InChI is InChI=1S/C5H12N2O/c1-6-5(8)2-3-7-4-5/h6-8H,2-4H2,1H3. The second-order valence-corrected chi connectivity index (χ2v) is 2.21. The van der Waals surface area contributed by atoms with Crippen molar-refractivity contribution in [2.45, 2.75) is 12.1 Å². The van der Waals surface area contributed by atoms with Crippen LogP contribution in [0.15, 0.2) is 0 Å². The maximum Gasteiger partial charge on any atom is 0.129 e. The van der Waals surface area contributed by atoms with E-state index in [-0.39, 0.29) is 0 Å². The Labute approximate surface area is 49.1 Å². The molecule has 1 fully saturated rings. The second kappa shape index (κ2) is 2.01. The average molecular weight is 116 g/mol. The lowest BCUT2D eigenvalue weighted by Crippen LogP contribution is -2.44. The van der Waals surface area contributed by atoms with Crippen molar-refractivity contribution in [3.8, 4) is 0 Å². The molecule has 0 aromatic carbocycles. The van der Waals surface area contributed by atoms with Gasteiger partial charge in [-0.2, -0.15) is 0 Å². The molecule has 0 amide bonds. The molecule has 3 N–H and O–H groups in total. The summed E-state index contributed by atoms with van der Waals surface area (Å²) in [7, 11) is 1.77. The first-order chi connectivity index (χ1) is 3.77. The zero-order valence-corrected chi connectivity index (χ0v) is 5.07. The molecule has 0 aromatic heterocycles. The van der Waals surface area contributed by atoms with E-state index >= 15 is 0 Å². The lowest BCUT2D eigenvalue weighted by atomic mass is 10.2. The number of hydrogen-bond acceptors (Lipinski definition) is 3. The van der Waals surface area contributed by atoms with Crippen molar-refractivity contribution in [2.75, 3.05) is 20.1 Å². The van der Waals surface area contributed by atoms with Crippen LogP contribution in [-0.2, 0) is 0 Å². The first kappa shape index (κ1) is 6.01. The zero-order valence-electron chi connectivity index (χ0n) is 5.07. The molecular weight excluding hydrogens is 104 g/mol. The summed E-state index contributed by atoms with van der Waals surface area (Å²) in [5.74, 6) is 0. The van der Waals surface area contributed by atoms with Crippen molar-refractivity contribution < 1.29 is 5.11 Å². The molecule has 3 nitrogen and oxygen atoms in total. The van der Waals surface area contributed by atoms with Crippen LogP contribution in [0.2, 0.25) is 0 Å². The highest BCUT2D eigenvalue weighted by Crippen LogP contribution is 2.07. The molecule has 0 spiro atoms. The van der Waals surface area contributed by atoms with Gasteiger partial charge in [-0.25, -0.2) is 0 Å². The summed E-state index contributed by atoms with van der Waals surface area (Å²) < 4.78 is 0. The van der Waals surface area contributed by atoms with Gasteiger partial charge >= 0.3 is 0 Å². The van der Waals surface area contributed by atoms with Gasteiger partial charge in [0.2, 0.25) is 0 Å². The van der Waals surface area contributed by atoms with E-state index in [0.717, 1.165) is 13.0 Å². The highest BCUT2D eigenvalue weighted by molar-refractivity contribution is 4.83. The molecule has 0 aromatic rings. The lowest BCUT2D eigenvalue weighted by Gasteiger charge is -2.19. The van der Waals surface area contributed by atoms with Gasteiger partial charge in [0.25, 0.3) is 0 Å². The van der Waals surface area contributed by atoms with E-state index in [1.54, 1.807) is 7.05 Å². The maximum absolute atomic E-state index is 9.33. The van der Waals surface area contributed by atoms with Gasteiger partial charge in [0.15, 0.2) is 0 Å². The van der Waals surface area contributed by atoms with Crippen molar-refractivity contribution in [1.82, 2.24) is 10.6 Å². The van der Waals surface area contributed by atoms with Gasteiger partial charge in [-0.05, 0) is 13.6 Å². The molecule has 48 valence electrons. The minimum Gasteiger partial charge on any atom is -0.374 e. The highest BCUT2D eigenvalue weighted by atomic mass is 16.3. The Morgan fingerprint density at radius 2 is 2.50 bits per heavy atom. The molecule has 0 bridgehead atoms. The summed E-state index contributed by atoms with van der Waals surface area (Å²) in [6.07, 6.45) is 0.809. The first-order valence-corrected chi connectivity index (χ1v) is 2.89. The van der Waals surface area contributed by atoms with E-state index in [0.29, 0.717) is 6.54 Å². The van der Waals surface area contributed by atoms with Crippen molar-refractivity contribution >= 4 is 0 Å². The smallest absolute Gasteiger partial charge is 0.129 e. The number of rotatable bonds is 1. The van der Waals surface area contributed by atoms with Gasteiger partial charge in [-0.1, -0.05) is 0 Å². The summed E-state index contributed by atoms with van der Waals surface area (Å²) >= 11 is 0. The fraction of sp³-hybridized carbons (Fsp3) is 1.00. The monoisotopic (exact) mass is 116 g/mol. The van der Waals surface area contributed by atoms with Crippen LogP contribution in [0.25, 0.3) is 0 Å². The van der Waals surface area contributed by atoms with E-state index < -0.39 is 5.72 Å². The van der Waals surface area contributed by atoms with Gasteiger partial charge in [0, 0.05) is 13.0 Å². The van der Waals surface area contributed by atoms with E-state index in [9.17, 15) is 5.11 Å². The minimum absolute atomic E-state index is 0.625. The number of hydrogen-bond donors (Lipinski definition) is 3. The molecule has 1 unspecified atom stereocenters. The van der Waals surface area contributed by atoms with E-state index in [4.69, 9.17) is 0 Å². The minimum atomic E-state index is -0.625. The Kier molecular flexibility index (Phi) is 1.51. The van der Waals surface area contributed by atoms with Gasteiger partial charge in [-0.15, -0.1) is 0 Å². The topological polar surface area (TPSA) is 44.3 Å². The second-order valence-electron chi connectivity index (χ2n) is 2.21. The van der Waals surface area contributed by atoms with Crippen LogP contribution >= 0.6 is 0 Å². The fourth-order valence-corrected chi connectivity index (χ4v) is 0.892. The van der Waals surface area contributed by atoms with Crippen LogP contribution in [0.4, 0.5) is 0 Å². The normalized spacial score (nSPS) is 38.2. The number of β-amino-alcohol motifs (C(OH)–C–C–N with tert-alkyl or cyclic N) is 1. The van der Waals surface area contributed by atoms with Gasteiger partial charge in [0.05, 0.1) is 0 Å². The Balaban J connectivity index is 2.40. The first-order valence-electron chi connectivity index (χ1n) is 2.89. The molecule has 1 saturated heterocycles. The molecule has 8 heavy (non-hydrogen) atoms. The molecular formula is C5H12N2O. The van der Waals surface area contributed by atoms with Crippen LogP contribution in [0.3, 0.4) is 0 Å². The Bertz CT molecular complexity index is 78.5. The van der Waals surface area contributed by atoms with Crippen molar-refractivity contribution in [1.29, 1.82) is 0 Å². The van der Waals surface area contributed by atoms with Crippen molar-refractivity contribution in [3.63, 3.8) is 0 Å². The summed E-state index contributed by atoms with van der Waals surface area (Å²) in [5, 5.41) is 15.2. The van der Waals surface area contributed by atoms with E-state index in [1.165, 1.54) is 0 Å². The molecule has 3 heteroatoms. The van der Waals surface area contributed by atoms with Gasteiger partial charge in [-0.3, -0.25) is 5.32 Å². The lowest BCUT2D eigenvalue weighted by molar-refractivity contribution is 0.0336. The zero-order chi connectivity index (χ0) is 6.04. The third-order valence-corrected chi connectivity index (χ3v) is 1.60. The quantitative estimate of drug-likeness (QED) is 0.380. The van der Waals surface area contributed by atoms with Gasteiger partial charge < -0.3 is 10.4 Å². The van der Waals surface area contributed by atoms with E-state index in [1.807, 2.05) is 0 Å². The third kappa shape index (κ3) is 0.992. The fourth-order valence-electron chi connectivity index (χ4n) is 0.892. The SMILES string of the molecule is CNC1(O)CCNC1. The number of nitrogens with one attached hydrogen (secondary N) is 2. The van der Waals surface area contributed by atoms with Crippen LogP contribution in [-0.4, -0.2) is 31.0 Å². The Morgan fingerprint density at radius 3 is 2.75 bits per heavy atom. The van der Waals surface area contributed by atoms with Gasteiger partial charge in [0.1, 0.15) is 5.72 Å². The Morgan fingerprint density at radius 1 is 1.75 bits per heavy atom. The summed E-state index contributed by atoms with van der Waals surface area (Å²) in [6, 6.07) is 0. The summed E-state index contributed by atoms with van der Waals surface area (Å²) in [5.41, 5.74) is -0.625. The van der Waals surface area contributed by atoms with Crippen molar-refractivity contribution in [2.24, 2.45) is 0 Å². The third-order valence-electron chi connectivity index (χ3n) is 1.60. The average Bonchev–Trinajstić information content (AvgIpc) is 2.17. The maximum atomic E-state index is 9.33. The molecule has 0 aliphatic carbocycles. The van der Waals surface area contributed by atoms with E-state index in [2.05, 4.69) is 10.6 Å². The molecule has 1 rings (SSSR count). The van der Waals surface area contributed by atoms with Crippen LogP contribution < -0.4 is 10.6 Å². The molecule has 1 aliphatic heterocycles. The highest BCUT2D eigenvalue weighted by Gasteiger charge is 2.27. The molecule has 1 aliphatic rings. The number of likely N-dealkylation sites (N-methyl/N-ethyl adjacent to an activating group) is 1. The van der Waals surface area contributed by atoms with Crippen LogP contribution in [0.1, 0.15) is 6.42 Å². The predicted molar refractivity (Wildman–Crippen MR) is 31.5 cm³/mol. The molecule has 0 saturated carbocycles.